The largest absolute Gasteiger partial charge is 0.495 e. The minimum absolute atomic E-state index is 0.155. The number of ether oxygens (including phenoxy) is 1. The van der Waals surface area contributed by atoms with Crippen LogP contribution in [0.25, 0.3) is 0 Å². The first-order valence-electron chi connectivity index (χ1n) is 7.00. The molecule has 7 heteroatoms. The van der Waals surface area contributed by atoms with Gasteiger partial charge in [0, 0.05) is 11.0 Å². The Hall–Kier alpha value is -0.630. The van der Waals surface area contributed by atoms with Crippen molar-refractivity contribution in [3.8, 4) is 5.75 Å². The molecular formula is C14H23BrN2O3S. The quantitative estimate of drug-likeness (QED) is 0.670. The van der Waals surface area contributed by atoms with Gasteiger partial charge in [-0.2, -0.15) is 0 Å². The Labute approximate surface area is 135 Å². The maximum Gasteiger partial charge on any atom is 0.244 e. The smallest absolute Gasteiger partial charge is 0.244 e. The van der Waals surface area contributed by atoms with Gasteiger partial charge in [-0.25, -0.2) is 13.1 Å². The summed E-state index contributed by atoms with van der Waals surface area (Å²) < 4.78 is 33.1. The van der Waals surface area contributed by atoms with Crippen molar-refractivity contribution in [2.75, 3.05) is 33.3 Å². The monoisotopic (exact) mass is 378 g/mol. The molecular weight excluding hydrogens is 356 g/mol. The predicted molar refractivity (Wildman–Crippen MR) is 88.3 cm³/mol. The van der Waals surface area contributed by atoms with E-state index < -0.39 is 10.0 Å². The second-order valence-corrected chi connectivity index (χ2v) is 7.22. The van der Waals surface area contributed by atoms with Gasteiger partial charge < -0.3 is 9.64 Å². The van der Waals surface area contributed by atoms with Crippen molar-refractivity contribution in [1.29, 1.82) is 0 Å². The molecule has 0 spiro atoms. The molecule has 120 valence electrons. The fraction of sp³-hybridized carbons (Fsp3) is 0.571. The van der Waals surface area contributed by atoms with Gasteiger partial charge >= 0.3 is 0 Å². The van der Waals surface area contributed by atoms with E-state index in [-0.39, 0.29) is 4.90 Å². The van der Waals surface area contributed by atoms with Crippen molar-refractivity contribution in [3.05, 3.63) is 22.7 Å². The summed E-state index contributed by atoms with van der Waals surface area (Å²) in [6, 6.07) is 4.93. The van der Waals surface area contributed by atoms with E-state index in [1.54, 1.807) is 18.2 Å². The summed E-state index contributed by atoms with van der Waals surface area (Å²) in [6.45, 7) is 7.44. The molecule has 1 aromatic carbocycles. The lowest BCUT2D eigenvalue weighted by Gasteiger charge is -2.18. The Bertz CT molecular complexity index is 545. The number of hydrogen-bond acceptors (Lipinski definition) is 4. The molecule has 0 fully saturated rings. The highest BCUT2D eigenvalue weighted by Gasteiger charge is 2.19. The van der Waals surface area contributed by atoms with Crippen LogP contribution in [0.2, 0.25) is 0 Å². The highest BCUT2D eigenvalue weighted by molar-refractivity contribution is 9.10. The maximum atomic E-state index is 12.3. The van der Waals surface area contributed by atoms with Crippen LogP contribution in [0.15, 0.2) is 27.6 Å². The van der Waals surface area contributed by atoms with E-state index in [1.165, 1.54) is 7.11 Å². The molecule has 0 bridgehead atoms. The number of methoxy groups -OCH3 is 1. The van der Waals surface area contributed by atoms with E-state index in [0.717, 1.165) is 26.1 Å². The first-order chi connectivity index (χ1) is 9.94. The highest BCUT2D eigenvalue weighted by atomic mass is 79.9. The Kier molecular flexibility index (Phi) is 7.65. The van der Waals surface area contributed by atoms with Gasteiger partial charge in [-0.3, -0.25) is 0 Å². The second kappa shape index (κ2) is 8.73. The van der Waals surface area contributed by atoms with Crippen LogP contribution in [0.3, 0.4) is 0 Å². The van der Waals surface area contributed by atoms with E-state index in [1.807, 2.05) is 0 Å². The zero-order valence-electron chi connectivity index (χ0n) is 12.7. The molecule has 0 amide bonds. The Morgan fingerprint density at radius 3 is 2.52 bits per heavy atom. The van der Waals surface area contributed by atoms with E-state index in [9.17, 15) is 8.42 Å². The molecule has 0 heterocycles. The van der Waals surface area contributed by atoms with Gasteiger partial charge in [-0.1, -0.05) is 29.8 Å². The SMILES string of the molecule is CCN(CC)CCCNS(=O)(=O)c1cc(Br)ccc1OC. The van der Waals surface area contributed by atoms with Crippen LogP contribution in [0.1, 0.15) is 20.3 Å². The van der Waals surface area contributed by atoms with Crippen molar-refractivity contribution < 1.29 is 13.2 Å². The van der Waals surface area contributed by atoms with Crippen LogP contribution < -0.4 is 9.46 Å². The number of benzene rings is 1. The third kappa shape index (κ3) is 5.58. The molecule has 0 atom stereocenters. The van der Waals surface area contributed by atoms with Crippen molar-refractivity contribution in [2.24, 2.45) is 0 Å². The number of rotatable bonds is 9. The van der Waals surface area contributed by atoms with Gasteiger partial charge in [-0.05, 0) is 44.3 Å². The number of sulfonamides is 1. The number of halogens is 1. The first-order valence-corrected chi connectivity index (χ1v) is 9.27. The van der Waals surface area contributed by atoms with Crippen LogP contribution >= 0.6 is 15.9 Å². The molecule has 0 radical (unpaired) electrons. The van der Waals surface area contributed by atoms with E-state index in [2.05, 4.69) is 39.4 Å². The number of hydrogen-bond donors (Lipinski definition) is 1. The molecule has 1 rings (SSSR count). The van der Waals surface area contributed by atoms with Gasteiger partial charge in [0.1, 0.15) is 10.6 Å². The lowest BCUT2D eigenvalue weighted by atomic mass is 10.3. The zero-order valence-corrected chi connectivity index (χ0v) is 15.1. The van der Waals surface area contributed by atoms with Crippen LogP contribution in [-0.4, -0.2) is 46.6 Å². The van der Waals surface area contributed by atoms with Gasteiger partial charge in [0.25, 0.3) is 0 Å². The lowest BCUT2D eigenvalue weighted by Crippen LogP contribution is -2.30. The summed E-state index contributed by atoms with van der Waals surface area (Å²) >= 11 is 3.28. The van der Waals surface area contributed by atoms with Gasteiger partial charge in [0.2, 0.25) is 10.0 Å². The molecule has 0 saturated carbocycles. The fourth-order valence-corrected chi connectivity index (χ4v) is 3.77. The summed E-state index contributed by atoms with van der Waals surface area (Å²) in [7, 11) is -2.10. The fourth-order valence-electron chi connectivity index (χ4n) is 1.99. The van der Waals surface area contributed by atoms with Crippen molar-refractivity contribution >= 4 is 26.0 Å². The van der Waals surface area contributed by atoms with Crippen molar-refractivity contribution in [3.63, 3.8) is 0 Å². The Balaban J connectivity index is 2.68. The Morgan fingerprint density at radius 1 is 1.29 bits per heavy atom. The number of nitrogens with zero attached hydrogens (tertiary/aromatic N) is 1. The highest BCUT2D eigenvalue weighted by Crippen LogP contribution is 2.26. The molecule has 1 aromatic rings. The summed E-state index contributed by atoms with van der Waals surface area (Å²) in [5.74, 6) is 0.342. The molecule has 0 aliphatic carbocycles. The standard InChI is InChI=1S/C14H23BrN2O3S/c1-4-17(5-2)10-6-9-16-21(18,19)14-11-12(15)7-8-13(14)20-3/h7-8,11,16H,4-6,9-10H2,1-3H3. The van der Waals surface area contributed by atoms with E-state index in [0.29, 0.717) is 16.8 Å². The second-order valence-electron chi connectivity index (χ2n) is 4.57. The van der Waals surface area contributed by atoms with Crippen LogP contribution in [0, 0.1) is 0 Å². The lowest BCUT2D eigenvalue weighted by molar-refractivity contribution is 0.300. The molecule has 5 nitrogen and oxygen atoms in total. The van der Waals surface area contributed by atoms with Crippen molar-refractivity contribution in [2.45, 2.75) is 25.2 Å². The van der Waals surface area contributed by atoms with E-state index >= 15 is 0 Å². The third-order valence-corrected chi connectivity index (χ3v) is 5.23. The molecule has 0 aromatic heterocycles. The minimum Gasteiger partial charge on any atom is -0.495 e. The zero-order chi connectivity index (χ0) is 15.9. The van der Waals surface area contributed by atoms with Crippen molar-refractivity contribution in [1.82, 2.24) is 9.62 Å². The number of nitrogens with one attached hydrogen (secondary N) is 1. The molecule has 21 heavy (non-hydrogen) atoms. The maximum absolute atomic E-state index is 12.3. The summed E-state index contributed by atoms with van der Waals surface area (Å²) in [5, 5.41) is 0. The topological polar surface area (TPSA) is 58.6 Å². The van der Waals surface area contributed by atoms with E-state index in [4.69, 9.17) is 4.74 Å². The average Bonchev–Trinajstić information content (AvgIpc) is 2.47. The average molecular weight is 379 g/mol. The Morgan fingerprint density at radius 2 is 1.95 bits per heavy atom. The normalized spacial score (nSPS) is 11.9. The summed E-state index contributed by atoms with van der Waals surface area (Å²) in [4.78, 5) is 2.41. The van der Waals surface area contributed by atoms with Gasteiger partial charge in [0.15, 0.2) is 0 Å². The molecule has 0 unspecified atom stereocenters. The van der Waals surface area contributed by atoms with Crippen LogP contribution in [-0.2, 0) is 10.0 Å². The summed E-state index contributed by atoms with van der Waals surface area (Å²) in [6.07, 6.45) is 0.775. The van der Waals surface area contributed by atoms with Gasteiger partial charge in [0.05, 0.1) is 7.11 Å². The minimum atomic E-state index is -3.56. The van der Waals surface area contributed by atoms with Crippen LogP contribution in [0.4, 0.5) is 0 Å². The molecule has 0 aliphatic heterocycles. The summed E-state index contributed by atoms with van der Waals surface area (Å²) in [5.41, 5.74) is 0. The third-order valence-electron chi connectivity index (χ3n) is 3.25. The molecule has 0 saturated heterocycles. The molecule has 1 N–H and O–H groups in total. The van der Waals surface area contributed by atoms with Crippen LogP contribution in [0.5, 0.6) is 5.75 Å². The predicted octanol–water partition coefficient (Wildman–Crippen LogP) is 2.47. The van der Waals surface area contributed by atoms with Gasteiger partial charge in [-0.15, -0.1) is 0 Å². The first kappa shape index (κ1) is 18.4. The molecule has 0 aliphatic rings.